The van der Waals surface area contributed by atoms with E-state index < -0.39 is 8.32 Å². The van der Waals surface area contributed by atoms with E-state index >= 15 is 0 Å². The lowest BCUT2D eigenvalue weighted by Gasteiger charge is -2.37. The summed E-state index contributed by atoms with van der Waals surface area (Å²) in [7, 11) is -0.0441. The minimum absolute atomic E-state index is 0.168. The Morgan fingerprint density at radius 1 is 0.891 bits per heavy atom. The van der Waals surface area contributed by atoms with Crippen LogP contribution in [0.3, 0.4) is 0 Å². The molecule has 0 radical (unpaired) electrons. The molecule has 2 unspecified atom stereocenters. The summed E-state index contributed by atoms with van der Waals surface area (Å²) < 4.78 is 18.1. The molecule has 2 fully saturated rings. The molecule has 2 saturated heterocycles. The minimum atomic E-state index is -2.25. The van der Waals surface area contributed by atoms with Gasteiger partial charge < -0.3 is 24.3 Å². The molecule has 0 spiro atoms. The van der Waals surface area contributed by atoms with Crippen molar-refractivity contribution in [2.45, 2.75) is 141 Å². The fourth-order valence-electron chi connectivity index (χ4n) is 11.1. The maximum atomic E-state index is 14.3. The predicted molar refractivity (Wildman–Crippen MR) is 258 cm³/mol. The molecule has 4 atom stereocenters. The van der Waals surface area contributed by atoms with Gasteiger partial charge in [0.2, 0.25) is 5.95 Å². The Hall–Kier alpha value is -4.92. The molecule has 64 heavy (non-hydrogen) atoms. The van der Waals surface area contributed by atoms with Crippen LogP contribution in [-0.4, -0.2) is 94.3 Å². The van der Waals surface area contributed by atoms with Crippen LogP contribution in [0.2, 0.25) is 11.1 Å². The number of nitrogens with zero attached hydrogens (tertiary/aromatic N) is 8. The van der Waals surface area contributed by atoms with Gasteiger partial charge in [-0.05, 0) is 98.1 Å². The van der Waals surface area contributed by atoms with Crippen LogP contribution >= 0.6 is 0 Å². The Kier molecular flexibility index (Phi) is 12.1. The van der Waals surface area contributed by atoms with Crippen LogP contribution in [0.15, 0.2) is 60.8 Å². The third kappa shape index (κ3) is 8.30. The van der Waals surface area contributed by atoms with Crippen LogP contribution in [0.25, 0.3) is 11.3 Å². The zero-order valence-corrected chi connectivity index (χ0v) is 40.8. The van der Waals surface area contributed by atoms with Crippen LogP contribution in [0.4, 0.5) is 16.6 Å². The largest absolute Gasteiger partial charge is 0.542 e. The quantitative estimate of drug-likeness (QED) is 0.132. The maximum absolute atomic E-state index is 14.3. The summed E-state index contributed by atoms with van der Waals surface area (Å²) >= 11 is 0. The molecule has 13 nitrogen and oxygen atoms in total. The van der Waals surface area contributed by atoms with E-state index in [1.165, 1.54) is 17.5 Å². The molecule has 6 heterocycles. The van der Waals surface area contributed by atoms with Gasteiger partial charge in [0.25, 0.3) is 8.32 Å². The first kappa shape index (κ1) is 44.3. The van der Waals surface area contributed by atoms with E-state index in [4.69, 9.17) is 14.3 Å². The smallest absolute Gasteiger partial charge is 0.320 e. The number of aromatic nitrogens is 5. The molecular weight excluding hydrogens is 817 g/mol. The van der Waals surface area contributed by atoms with Crippen LogP contribution in [0.5, 0.6) is 11.5 Å². The minimum Gasteiger partial charge on any atom is -0.542 e. The number of rotatable bonds is 10. The molecule has 1 aliphatic carbocycles. The summed E-state index contributed by atoms with van der Waals surface area (Å²) in [5, 5.41) is 20.9. The zero-order valence-electron chi connectivity index (χ0n) is 39.8. The number of hydrogen-bond acceptors (Lipinski definition) is 9. The number of likely N-dealkylation sites (N-methyl/N-ethyl adjacent to an activating group) is 1. The first-order chi connectivity index (χ1) is 30.6. The van der Waals surface area contributed by atoms with E-state index in [2.05, 4.69) is 140 Å². The molecular formula is C50H70N10O3Si. The van der Waals surface area contributed by atoms with Gasteiger partial charge in [-0.3, -0.25) is 14.6 Å². The van der Waals surface area contributed by atoms with Crippen LogP contribution in [0.1, 0.15) is 140 Å². The van der Waals surface area contributed by atoms with Crippen molar-refractivity contribution in [1.29, 1.82) is 0 Å². The molecule has 3 aliphatic heterocycles. The van der Waals surface area contributed by atoms with Crippen molar-refractivity contribution in [2.75, 3.05) is 50.0 Å². The highest BCUT2D eigenvalue weighted by Gasteiger charge is 2.55. The second-order valence-electron chi connectivity index (χ2n) is 20.8. The van der Waals surface area contributed by atoms with E-state index in [1.54, 1.807) is 0 Å². The van der Waals surface area contributed by atoms with Gasteiger partial charge in [-0.25, -0.2) is 9.48 Å². The molecule has 2 N–H and O–H groups in total. The molecule has 342 valence electrons. The van der Waals surface area contributed by atoms with Gasteiger partial charge >= 0.3 is 6.03 Å². The number of pyridine rings is 1. The second kappa shape index (κ2) is 17.5. The SMILES string of the molecule is CC(C)[Si]1(C(C)C)Oc2c(CN3CCN(C)CC3)cc(-n3nc(C(C)(C)C)cc3NC(=O)NC3CC[C@@H](Oc4ccc5nnc(N6CCCC[C@@H]6C)n5c4)c4ccccc43)cc2C1C. The summed E-state index contributed by atoms with van der Waals surface area (Å²) in [4.78, 5) is 21.6. The highest BCUT2D eigenvalue weighted by molar-refractivity contribution is 6.79. The number of urea groups is 1. The van der Waals surface area contributed by atoms with E-state index in [-0.39, 0.29) is 23.6 Å². The normalized spacial score (nSPS) is 22.7. The van der Waals surface area contributed by atoms with E-state index in [0.29, 0.717) is 28.5 Å². The summed E-state index contributed by atoms with van der Waals surface area (Å²) in [5.41, 5.74) is 8.25. The third-order valence-electron chi connectivity index (χ3n) is 14.8. The third-order valence-corrected chi connectivity index (χ3v) is 20.6. The Labute approximate surface area is 381 Å². The van der Waals surface area contributed by atoms with Gasteiger partial charge in [-0.15, -0.1) is 10.2 Å². The van der Waals surface area contributed by atoms with E-state index in [1.807, 2.05) is 35.1 Å². The number of amides is 2. The number of nitrogens with one attached hydrogen (secondary N) is 2. The number of piperidine rings is 1. The van der Waals surface area contributed by atoms with E-state index in [0.717, 1.165) is 111 Å². The Bertz CT molecular complexity index is 2470. The van der Waals surface area contributed by atoms with Crippen molar-refractivity contribution in [3.63, 3.8) is 0 Å². The summed E-state index contributed by atoms with van der Waals surface area (Å²) in [6, 6.07) is 18.9. The Balaban J connectivity index is 0.980. The molecule has 9 rings (SSSR count). The van der Waals surface area contributed by atoms with Gasteiger partial charge in [0.05, 0.1) is 23.6 Å². The zero-order chi connectivity index (χ0) is 45.1. The fraction of sp³-hybridized carbons (Fsp3) is 0.560. The van der Waals surface area contributed by atoms with Crippen LogP contribution in [0, 0.1) is 0 Å². The van der Waals surface area contributed by atoms with Gasteiger partial charge in [0.1, 0.15) is 23.4 Å². The van der Waals surface area contributed by atoms with Crippen molar-refractivity contribution in [2.24, 2.45) is 0 Å². The van der Waals surface area contributed by atoms with Gasteiger partial charge in [-0.1, -0.05) is 79.7 Å². The average Bonchev–Trinajstić information content (AvgIpc) is 3.97. The first-order valence-electron chi connectivity index (χ1n) is 23.9. The first-order valence-corrected chi connectivity index (χ1v) is 26.1. The highest BCUT2D eigenvalue weighted by atomic mass is 28.4. The molecule has 4 aliphatic rings. The molecule has 5 aromatic rings. The second-order valence-corrected chi connectivity index (χ2v) is 25.8. The van der Waals surface area contributed by atoms with Crippen molar-refractivity contribution in [1.82, 2.24) is 39.5 Å². The molecule has 14 heteroatoms. The highest BCUT2D eigenvalue weighted by Crippen LogP contribution is 2.54. The van der Waals surface area contributed by atoms with Crippen molar-refractivity contribution >= 4 is 31.8 Å². The number of hydrogen-bond donors (Lipinski definition) is 2. The number of carbonyl (C=O) groups excluding carboxylic acids is 1. The number of benzene rings is 2. The number of fused-ring (bicyclic) bond motifs is 3. The molecule has 2 aromatic carbocycles. The molecule has 3 aromatic heterocycles. The Morgan fingerprint density at radius 3 is 2.36 bits per heavy atom. The standard InChI is InChI=1S/C50H70N10O3Si/c1-32(2)64(33(3)4)35(6)41-28-37(27-36(47(41)63-64)30-57-25-23-56(10)24-26-57)60-46(29-44(55-60)50(7,8)9)52-48(61)51-42-19-20-43(40-17-12-11-16-39(40)42)62-38-18-21-45-53-54-49(59(45)31-38)58-22-14-13-15-34(58)5/h11-12,16-18,21,27-29,31-35,42-43H,13-15,19-20,22-26,30H2,1-10H3,(H2,51,52,61)/t34-,35?,42?,43+/m0/s1. The summed E-state index contributed by atoms with van der Waals surface area (Å²) in [6.07, 6.45) is 6.88. The maximum Gasteiger partial charge on any atom is 0.320 e. The number of carbonyl (C=O) groups is 1. The summed E-state index contributed by atoms with van der Waals surface area (Å²) in [5.74, 6) is 3.36. The monoisotopic (exact) mass is 887 g/mol. The van der Waals surface area contributed by atoms with Crippen LogP contribution in [-0.2, 0) is 12.0 Å². The lowest BCUT2D eigenvalue weighted by Crippen LogP contribution is -2.49. The van der Waals surface area contributed by atoms with Gasteiger partial charge in [-0.2, -0.15) is 5.10 Å². The summed E-state index contributed by atoms with van der Waals surface area (Å²) in [6.45, 7) is 26.5. The number of anilines is 2. The predicted octanol–water partition coefficient (Wildman–Crippen LogP) is 9.92. The van der Waals surface area contributed by atoms with Gasteiger partial charge in [0, 0.05) is 67.9 Å². The lowest BCUT2D eigenvalue weighted by atomic mass is 9.85. The fourth-order valence-corrected chi connectivity index (χ4v) is 16.4. The number of ether oxygens (including phenoxy) is 1. The number of piperazine rings is 1. The molecule has 2 amide bonds. The van der Waals surface area contributed by atoms with E-state index in [9.17, 15) is 4.79 Å². The average molecular weight is 887 g/mol. The molecule has 0 saturated carbocycles. The Morgan fingerprint density at radius 2 is 1.64 bits per heavy atom. The van der Waals surface area contributed by atoms with Crippen molar-refractivity contribution in [3.05, 3.63) is 88.7 Å². The van der Waals surface area contributed by atoms with Crippen molar-refractivity contribution in [3.8, 4) is 17.2 Å². The topological polar surface area (TPSA) is 117 Å². The van der Waals surface area contributed by atoms with Gasteiger partial charge in [0.15, 0.2) is 5.65 Å². The van der Waals surface area contributed by atoms with Crippen molar-refractivity contribution < 1.29 is 14.0 Å². The molecule has 0 bridgehead atoms. The lowest BCUT2D eigenvalue weighted by molar-refractivity contribution is 0.147. The van der Waals surface area contributed by atoms with Crippen LogP contribution < -0.4 is 24.7 Å².